The smallest absolute Gasteiger partial charge is 0.0727 e. The lowest BCUT2D eigenvalue weighted by Gasteiger charge is -2.25. The van der Waals surface area contributed by atoms with Crippen LogP contribution in [0.15, 0.2) is 67.0 Å². The van der Waals surface area contributed by atoms with Crippen LogP contribution >= 0.6 is 0 Å². The molecule has 28 heavy (non-hydrogen) atoms. The van der Waals surface area contributed by atoms with E-state index in [4.69, 9.17) is 0 Å². The molecule has 2 aromatic carbocycles. The van der Waals surface area contributed by atoms with Crippen LogP contribution in [-0.2, 0) is 6.54 Å². The quantitative estimate of drug-likeness (QED) is 0.551. The van der Waals surface area contributed by atoms with E-state index in [1.807, 2.05) is 23.1 Å². The molecule has 1 unspecified atom stereocenters. The minimum Gasteiger partial charge on any atom is -0.310 e. The van der Waals surface area contributed by atoms with Crippen LogP contribution in [0, 0.1) is 5.92 Å². The minimum absolute atomic E-state index is 0.542. The molecule has 4 rings (SSSR count). The van der Waals surface area contributed by atoms with Crippen LogP contribution in [0.2, 0.25) is 0 Å². The van der Waals surface area contributed by atoms with Crippen molar-refractivity contribution < 1.29 is 0 Å². The predicted octanol–water partition coefficient (Wildman–Crippen LogP) is 5.99. The van der Waals surface area contributed by atoms with Crippen LogP contribution in [0.3, 0.4) is 0 Å². The Kier molecular flexibility index (Phi) is 6.23. The molecule has 0 amide bonds. The van der Waals surface area contributed by atoms with Gasteiger partial charge in [0.05, 0.1) is 5.69 Å². The molecule has 1 aliphatic rings. The number of aromatic nitrogens is 2. The molecule has 0 radical (unpaired) electrons. The molecule has 3 heteroatoms. The van der Waals surface area contributed by atoms with E-state index in [1.165, 1.54) is 55.2 Å². The number of benzene rings is 2. The molecule has 3 nitrogen and oxygen atoms in total. The van der Waals surface area contributed by atoms with Crippen molar-refractivity contribution in [2.24, 2.45) is 5.92 Å². The van der Waals surface area contributed by atoms with E-state index < -0.39 is 0 Å². The summed E-state index contributed by atoms with van der Waals surface area (Å²) in [5.41, 5.74) is 4.97. The molecule has 0 spiro atoms. The summed E-state index contributed by atoms with van der Waals surface area (Å²) >= 11 is 0. The zero-order valence-electron chi connectivity index (χ0n) is 16.8. The van der Waals surface area contributed by atoms with Gasteiger partial charge in [0.1, 0.15) is 0 Å². The molecule has 1 aromatic heterocycles. The fourth-order valence-corrected chi connectivity index (χ4v) is 4.56. The van der Waals surface area contributed by atoms with Gasteiger partial charge in [-0.3, -0.25) is 0 Å². The van der Waals surface area contributed by atoms with Crippen LogP contribution < -0.4 is 5.32 Å². The maximum atomic E-state index is 4.48. The molecular formula is C25H31N3. The molecule has 1 atom stereocenters. The first-order chi connectivity index (χ1) is 13.8. The molecule has 0 aliphatic heterocycles. The van der Waals surface area contributed by atoms with Crippen LogP contribution in [0.5, 0.6) is 0 Å². The highest BCUT2D eigenvalue weighted by Crippen LogP contribution is 2.31. The van der Waals surface area contributed by atoms with Gasteiger partial charge >= 0.3 is 0 Å². The van der Waals surface area contributed by atoms with Gasteiger partial charge in [-0.15, -0.1) is 0 Å². The lowest BCUT2D eigenvalue weighted by atomic mass is 9.85. The lowest BCUT2D eigenvalue weighted by Crippen LogP contribution is -2.28. The van der Waals surface area contributed by atoms with E-state index in [0.29, 0.717) is 6.04 Å². The van der Waals surface area contributed by atoms with Crippen molar-refractivity contribution in [3.8, 4) is 16.8 Å². The van der Waals surface area contributed by atoms with Gasteiger partial charge in [-0.2, -0.15) is 5.10 Å². The van der Waals surface area contributed by atoms with Crippen molar-refractivity contribution in [3.63, 3.8) is 0 Å². The first kappa shape index (κ1) is 18.9. The second kappa shape index (κ2) is 9.20. The van der Waals surface area contributed by atoms with Gasteiger partial charge in [0.25, 0.3) is 0 Å². The maximum Gasteiger partial charge on any atom is 0.0727 e. The summed E-state index contributed by atoms with van der Waals surface area (Å²) in [5.74, 6) is 0.903. The Balaban J connectivity index is 1.55. The molecule has 1 saturated carbocycles. The molecule has 1 heterocycles. The third-order valence-corrected chi connectivity index (χ3v) is 6.00. The third kappa shape index (κ3) is 4.53. The van der Waals surface area contributed by atoms with Gasteiger partial charge in [0.2, 0.25) is 0 Å². The first-order valence-corrected chi connectivity index (χ1v) is 10.7. The molecule has 146 valence electrons. The summed E-state index contributed by atoms with van der Waals surface area (Å²) < 4.78 is 1.97. The summed E-state index contributed by atoms with van der Waals surface area (Å²) in [4.78, 5) is 0. The third-order valence-electron chi connectivity index (χ3n) is 6.00. The summed E-state index contributed by atoms with van der Waals surface area (Å²) in [7, 11) is 0. The molecular weight excluding hydrogens is 342 g/mol. The van der Waals surface area contributed by atoms with Crippen molar-refractivity contribution >= 4 is 0 Å². The van der Waals surface area contributed by atoms with Crippen molar-refractivity contribution in [3.05, 3.63) is 72.6 Å². The van der Waals surface area contributed by atoms with Gasteiger partial charge in [-0.1, -0.05) is 74.6 Å². The zero-order valence-corrected chi connectivity index (χ0v) is 16.8. The van der Waals surface area contributed by atoms with Crippen LogP contribution in [0.25, 0.3) is 16.8 Å². The lowest BCUT2D eigenvalue weighted by molar-refractivity contribution is 0.305. The SMILES string of the molecule is CC(CC1CCCCC1)NCc1cccc(-n2cccn2)c1-c1ccccc1. The standard InChI is InChI=1S/C25H31N3/c1-20(18-21-10-4-2-5-11-21)26-19-23-14-8-15-24(28-17-9-16-27-28)25(23)22-12-6-3-7-13-22/h3,6-9,12-17,20-21,26H,2,4-5,10-11,18-19H2,1H3. The van der Waals surface area contributed by atoms with Gasteiger partial charge in [-0.25, -0.2) is 4.68 Å². The predicted molar refractivity (Wildman–Crippen MR) is 116 cm³/mol. The van der Waals surface area contributed by atoms with Crippen LogP contribution in [-0.4, -0.2) is 15.8 Å². The van der Waals surface area contributed by atoms with Crippen LogP contribution in [0.4, 0.5) is 0 Å². The number of hydrogen-bond donors (Lipinski definition) is 1. The van der Waals surface area contributed by atoms with Gasteiger partial charge < -0.3 is 5.32 Å². The van der Waals surface area contributed by atoms with Gasteiger partial charge in [-0.05, 0) is 42.5 Å². The summed E-state index contributed by atoms with van der Waals surface area (Å²) in [5, 5.41) is 8.28. The molecule has 0 bridgehead atoms. The second-order valence-corrected chi connectivity index (χ2v) is 8.15. The fraction of sp³-hybridized carbons (Fsp3) is 0.400. The largest absolute Gasteiger partial charge is 0.310 e. The summed E-state index contributed by atoms with van der Waals surface area (Å²) in [6, 6.07) is 19.7. The number of hydrogen-bond acceptors (Lipinski definition) is 2. The van der Waals surface area contributed by atoms with Crippen molar-refractivity contribution in [1.29, 1.82) is 0 Å². The fourth-order valence-electron chi connectivity index (χ4n) is 4.56. The Hall–Kier alpha value is -2.39. The Labute approximate surface area is 168 Å². The Morgan fingerprint density at radius 2 is 1.82 bits per heavy atom. The highest BCUT2D eigenvalue weighted by Gasteiger charge is 2.17. The number of nitrogens with one attached hydrogen (secondary N) is 1. The maximum absolute atomic E-state index is 4.48. The van der Waals surface area contributed by atoms with Crippen molar-refractivity contribution in [1.82, 2.24) is 15.1 Å². The second-order valence-electron chi connectivity index (χ2n) is 8.15. The molecule has 1 fully saturated rings. The Bertz CT molecular complexity index is 849. The summed E-state index contributed by atoms with van der Waals surface area (Å²) in [6.07, 6.45) is 12.2. The van der Waals surface area contributed by atoms with E-state index in [9.17, 15) is 0 Å². The van der Waals surface area contributed by atoms with Crippen LogP contribution in [0.1, 0.15) is 51.0 Å². The Morgan fingerprint density at radius 3 is 2.57 bits per heavy atom. The van der Waals surface area contributed by atoms with E-state index in [0.717, 1.165) is 18.2 Å². The highest BCUT2D eigenvalue weighted by molar-refractivity contribution is 5.76. The van der Waals surface area contributed by atoms with E-state index >= 15 is 0 Å². The van der Waals surface area contributed by atoms with E-state index in [2.05, 4.69) is 65.9 Å². The normalized spacial score (nSPS) is 16.2. The molecule has 1 aliphatic carbocycles. The number of rotatable bonds is 7. The first-order valence-electron chi connectivity index (χ1n) is 10.7. The van der Waals surface area contributed by atoms with Gasteiger partial charge in [0.15, 0.2) is 0 Å². The van der Waals surface area contributed by atoms with Gasteiger partial charge in [0, 0.05) is 30.5 Å². The topological polar surface area (TPSA) is 29.9 Å². The monoisotopic (exact) mass is 373 g/mol. The molecule has 1 N–H and O–H groups in total. The number of nitrogens with zero attached hydrogens (tertiary/aromatic N) is 2. The van der Waals surface area contributed by atoms with Crippen molar-refractivity contribution in [2.45, 2.75) is 58.0 Å². The average molecular weight is 374 g/mol. The van der Waals surface area contributed by atoms with Crippen molar-refractivity contribution in [2.75, 3.05) is 0 Å². The molecule has 3 aromatic rings. The average Bonchev–Trinajstić information content (AvgIpc) is 3.28. The summed E-state index contributed by atoms with van der Waals surface area (Å²) in [6.45, 7) is 3.22. The highest BCUT2D eigenvalue weighted by atomic mass is 15.3. The van der Waals surface area contributed by atoms with E-state index in [1.54, 1.807) is 0 Å². The molecule has 0 saturated heterocycles. The minimum atomic E-state index is 0.542. The zero-order chi connectivity index (χ0) is 19.2. The Morgan fingerprint density at radius 1 is 1.00 bits per heavy atom. The van der Waals surface area contributed by atoms with E-state index in [-0.39, 0.29) is 0 Å².